The second-order valence-corrected chi connectivity index (χ2v) is 9.14. The van der Waals surface area contributed by atoms with Crippen LogP contribution in [0.2, 0.25) is 0 Å². The summed E-state index contributed by atoms with van der Waals surface area (Å²) < 4.78 is 0. The summed E-state index contributed by atoms with van der Waals surface area (Å²) in [5, 5.41) is 2.99. The molecule has 2 unspecified atom stereocenters. The van der Waals surface area contributed by atoms with E-state index in [-0.39, 0.29) is 49.2 Å². The Bertz CT molecular complexity index is 656. The van der Waals surface area contributed by atoms with E-state index in [9.17, 15) is 14.4 Å². The molecule has 0 aliphatic carbocycles. The quantitative estimate of drug-likeness (QED) is 0.618. The average Bonchev–Trinajstić information content (AvgIpc) is 3.04. The molecular formula is C21H32N2O3S. The first-order chi connectivity index (χ1) is 12.8. The van der Waals surface area contributed by atoms with Crippen LogP contribution in [0.4, 0.5) is 0 Å². The van der Waals surface area contributed by atoms with Gasteiger partial charge in [-0.1, -0.05) is 6.92 Å². The molecule has 1 saturated heterocycles. The first-order valence-electron chi connectivity index (χ1n) is 9.96. The van der Waals surface area contributed by atoms with Crippen molar-refractivity contribution < 1.29 is 14.4 Å². The molecule has 5 nitrogen and oxygen atoms in total. The van der Waals surface area contributed by atoms with Gasteiger partial charge in [0, 0.05) is 49.7 Å². The van der Waals surface area contributed by atoms with Gasteiger partial charge in [0.15, 0.2) is 5.78 Å². The van der Waals surface area contributed by atoms with Gasteiger partial charge in [0.2, 0.25) is 5.91 Å². The molecule has 2 rings (SSSR count). The number of nitrogens with zero attached hydrogens (tertiary/aromatic N) is 1. The summed E-state index contributed by atoms with van der Waals surface area (Å²) in [6.07, 6.45) is 3.35. The molecule has 1 aliphatic heterocycles. The summed E-state index contributed by atoms with van der Waals surface area (Å²) in [5.74, 6) is 0.626. The predicted octanol–water partition coefficient (Wildman–Crippen LogP) is 3.61. The van der Waals surface area contributed by atoms with Gasteiger partial charge in [-0.15, -0.1) is 11.3 Å². The van der Waals surface area contributed by atoms with Gasteiger partial charge in [0.1, 0.15) is 5.78 Å². The molecule has 0 aromatic carbocycles. The Kier molecular flexibility index (Phi) is 8.64. The highest BCUT2D eigenvalue weighted by Crippen LogP contribution is 2.18. The lowest BCUT2D eigenvalue weighted by molar-refractivity contribution is -0.125. The van der Waals surface area contributed by atoms with Crippen LogP contribution in [0.15, 0.2) is 12.1 Å². The Labute approximate surface area is 166 Å². The highest BCUT2D eigenvalue weighted by Gasteiger charge is 2.19. The number of thiophene rings is 1. The van der Waals surface area contributed by atoms with E-state index in [0.717, 1.165) is 30.4 Å². The van der Waals surface area contributed by atoms with Crippen LogP contribution in [-0.4, -0.2) is 48.0 Å². The number of nitrogens with one attached hydrogen (secondary N) is 1. The van der Waals surface area contributed by atoms with E-state index in [2.05, 4.69) is 17.1 Å². The zero-order valence-corrected chi connectivity index (χ0v) is 17.6. The van der Waals surface area contributed by atoms with Crippen molar-refractivity contribution in [1.82, 2.24) is 10.2 Å². The van der Waals surface area contributed by atoms with E-state index in [4.69, 9.17) is 0 Å². The Morgan fingerprint density at radius 1 is 1.22 bits per heavy atom. The second-order valence-electron chi connectivity index (χ2n) is 7.85. The van der Waals surface area contributed by atoms with Crippen LogP contribution >= 0.6 is 11.3 Å². The molecule has 0 spiro atoms. The van der Waals surface area contributed by atoms with Crippen molar-refractivity contribution in [2.75, 3.05) is 19.6 Å². The van der Waals surface area contributed by atoms with E-state index in [1.807, 2.05) is 26.0 Å². The van der Waals surface area contributed by atoms with Crippen LogP contribution in [0.3, 0.4) is 0 Å². The summed E-state index contributed by atoms with van der Waals surface area (Å²) >= 11 is 1.46. The number of ketones is 2. The standard InChI is InChI=1S/C21H32N2O3S/c1-15-5-4-12-23(13-15)14-16(2)22-21(26)11-8-18(24)7-9-19(25)20-10-6-17(3)27-20/h6,10,15-16H,4-5,7-9,11-14H2,1-3H3,(H,22,26). The van der Waals surface area contributed by atoms with Gasteiger partial charge < -0.3 is 10.2 Å². The van der Waals surface area contributed by atoms with Crippen LogP contribution in [0.25, 0.3) is 0 Å². The highest BCUT2D eigenvalue weighted by molar-refractivity contribution is 7.14. The number of carbonyl (C=O) groups excluding carboxylic acids is 3. The molecule has 1 fully saturated rings. The van der Waals surface area contributed by atoms with Crippen molar-refractivity contribution in [3.8, 4) is 0 Å². The van der Waals surface area contributed by atoms with Crippen LogP contribution in [0, 0.1) is 12.8 Å². The normalized spacial score (nSPS) is 18.9. The maximum absolute atomic E-state index is 12.1. The zero-order chi connectivity index (χ0) is 19.8. The second kappa shape index (κ2) is 10.7. The van der Waals surface area contributed by atoms with Crippen molar-refractivity contribution in [3.63, 3.8) is 0 Å². The lowest BCUT2D eigenvalue weighted by atomic mass is 10.00. The van der Waals surface area contributed by atoms with Crippen molar-refractivity contribution in [2.45, 2.75) is 65.3 Å². The van der Waals surface area contributed by atoms with Gasteiger partial charge in [-0.2, -0.15) is 0 Å². The molecule has 0 saturated carbocycles. The van der Waals surface area contributed by atoms with E-state index < -0.39 is 0 Å². The molecule has 1 amide bonds. The molecule has 2 atom stereocenters. The summed E-state index contributed by atoms with van der Waals surface area (Å²) in [4.78, 5) is 40.3. The predicted molar refractivity (Wildman–Crippen MR) is 109 cm³/mol. The van der Waals surface area contributed by atoms with Gasteiger partial charge in [-0.3, -0.25) is 14.4 Å². The molecule has 27 heavy (non-hydrogen) atoms. The first kappa shape index (κ1) is 21.8. The number of Topliss-reactive ketones (excluding diaryl/α,β-unsaturated/α-hetero) is 2. The molecule has 1 aromatic rings. The molecule has 0 radical (unpaired) electrons. The van der Waals surface area contributed by atoms with Crippen molar-refractivity contribution in [2.24, 2.45) is 5.92 Å². The Morgan fingerprint density at radius 2 is 1.96 bits per heavy atom. The fourth-order valence-electron chi connectivity index (χ4n) is 3.57. The Balaban J connectivity index is 1.61. The first-order valence-corrected chi connectivity index (χ1v) is 10.8. The van der Waals surface area contributed by atoms with Gasteiger partial charge in [-0.05, 0) is 51.3 Å². The Morgan fingerprint density at radius 3 is 2.63 bits per heavy atom. The van der Waals surface area contributed by atoms with Crippen molar-refractivity contribution in [1.29, 1.82) is 0 Å². The molecule has 1 aromatic heterocycles. The van der Waals surface area contributed by atoms with Crippen molar-refractivity contribution in [3.05, 3.63) is 21.9 Å². The third-order valence-corrected chi connectivity index (χ3v) is 6.00. The molecule has 1 aliphatic rings. The number of piperidine rings is 1. The summed E-state index contributed by atoms with van der Waals surface area (Å²) in [5.41, 5.74) is 0. The molecule has 2 heterocycles. The minimum atomic E-state index is -0.0823. The van der Waals surface area contributed by atoms with E-state index in [1.165, 1.54) is 24.2 Å². The summed E-state index contributed by atoms with van der Waals surface area (Å²) in [7, 11) is 0. The monoisotopic (exact) mass is 392 g/mol. The molecular weight excluding hydrogens is 360 g/mol. The van der Waals surface area contributed by atoms with Gasteiger partial charge in [0.25, 0.3) is 0 Å². The molecule has 6 heteroatoms. The average molecular weight is 393 g/mol. The summed E-state index contributed by atoms with van der Waals surface area (Å²) in [6.45, 7) is 9.29. The number of amides is 1. The molecule has 0 bridgehead atoms. The van der Waals surface area contributed by atoms with Gasteiger partial charge in [-0.25, -0.2) is 0 Å². The van der Waals surface area contributed by atoms with E-state index >= 15 is 0 Å². The number of hydrogen-bond donors (Lipinski definition) is 1. The van der Waals surface area contributed by atoms with Gasteiger partial charge >= 0.3 is 0 Å². The third-order valence-electron chi connectivity index (χ3n) is 4.96. The van der Waals surface area contributed by atoms with Crippen LogP contribution < -0.4 is 5.32 Å². The van der Waals surface area contributed by atoms with Gasteiger partial charge in [0.05, 0.1) is 4.88 Å². The maximum atomic E-state index is 12.1. The summed E-state index contributed by atoms with van der Waals surface area (Å²) in [6, 6.07) is 3.81. The van der Waals surface area contributed by atoms with Crippen LogP contribution in [0.1, 0.15) is 66.9 Å². The molecule has 1 N–H and O–H groups in total. The minimum Gasteiger partial charge on any atom is -0.352 e. The minimum absolute atomic E-state index is 0.00952. The lowest BCUT2D eigenvalue weighted by Crippen LogP contribution is -2.45. The lowest BCUT2D eigenvalue weighted by Gasteiger charge is -2.32. The van der Waals surface area contributed by atoms with E-state index in [1.54, 1.807) is 0 Å². The largest absolute Gasteiger partial charge is 0.352 e. The molecule has 150 valence electrons. The topological polar surface area (TPSA) is 66.5 Å². The number of likely N-dealkylation sites (tertiary alicyclic amines) is 1. The number of aryl methyl sites for hydroxylation is 1. The number of carbonyl (C=O) groups is 3. The number of hydrogen-bond acceptors (Lipinski definition) is 5. The maximum Gasteiger partial charge on any atom is 0.220 e. The smallest absolute Gasteiger partial charge is 0.220 e. The van der Waals surface area contributed by atoms with Crippen LogP contribution in [0.5, 0.6) is 0 Å². The fraction of sp³-hybridized carbons (Fsp3) is 0.667. The SMILES string of the molecule is Cc1ccc(C(=O)CCC(=O)CCC(=O)NC(C)CN2CCCC(C)C2)s1. The highest BCUT2D eigenvalue weighted by atomic mass is 32.1. The van der Waals surface area contributed by atoms with Crippen LogP contribution in [-0.2, 0) is 9.59 Å². The Hall–Kier alpha value is -1.53. The van der Waals surface area contributed by atoms with Crippen molar-refractivity contribution >= 4 is 28.8 Å². The number of rotatable bonds is 10. The third kappa shape index (κ3) is 7.93. The zero-order valence-electron chi connectivity index (χ0n) is 16.8. The fourth-order valence-corrected chi connectivity index (χ4v) is 4.41. The van der Waals surface area contributed by atoms with E-state index in [0.29, 0.717) is 4.88 Å².